The van der Waals surface area contributed by atoms with Crippen molar-refractivity contribution >= 4 is 0 Å². The van der Waals surface area contributed by atoms with Gasteiger partial charge in [-0.25, -0.2) is 0 Å². The van der Waals surface area contributed by atoms with Crippen molar-refractivity contribution in [3.63, 3.8) is 0 Å². The van der Waals surface area contributed by atoms with Crippen molar-refractivity contribution in [2.45, 2.75) is 31.2 Å². The van der Waals surface area contributed by atoms with Crippen LogP contribution in [0.1, 0.15) is 25.7 Å². The maximum absolute atomic E-state index is 5.31. The van der Waals surface area contributed by atoms with Gasteiger partial charge in [0, 0.05) is 12.1 Å². The van der Waals surface area contributed by atoms with Gasteiger partial charge < -0.3 is 10.1 Å². The molecule has 0 spiro atoms. The molecular weight excluding hydrogens is 152 g/mol. The van der Waals surface area contributed by atoms with Gasteiger partial charge in [-0.1, -0.05) is 0 Å². The van der Waals surface area contributed by atoms with Gasteiger partial charge in [-0.05, 0) is 39.8 Å². The van der Waals surface area contributed by atoms with E-state index in [1.807, 2.05) is 7.05 Å². The molecule has 2 N–H and O–H groups in total. The molecule has 1 aliphatic carbocycles. The third kappa shape index (κ3) is 3.09. The summed E-state index contributed by atoms with van der Waals surface area (Å²) in [7, 11) is 3.96. The third-order valence-electron chi connectivity index (χ3n) is 2.57. The fraction of sp³-hybridized carbons (Fsp3) is 1.00. The first-order chi connectivity index (χ1) is 5.83. The van der Waals surface area contributed by atoms with Crippen LogP contribution in [0.4, 0.5) is 0 Å². The first-order valence-corrected chi connectivity index (χ1v) is 4.74. The molecule has 1 aliphatic rings. The molecular formula is C9H20N2O. The van der Waals surface area contributed by atoms with Crippen molar-refractivity contribution in [1.82, 2.24) is 10.6 Å². The molecule has 0 unspecified atom stereocenters. The largest absolute Gasteiger partial charge is 0.366 e. The van der Waals surface area contributed by atoms with Crippen molar-refractivity contribution in [3.05, 3.63) is 0 Å². The van der Waals surface area contributed by atoms with Crippen LogP contribution < -0.4 is 10.6 Å². The van der Waals surface area contributed by atoms with Crippen LogP contribution in [0.5, 0.6) is 0 Å². The molecule has 0 amide bonds. The SMILES string of the molecule is CNCOCCCC1(NC)CC1. The Kier molecular flexibility index (Phi) is 3.98. The highest BCUT2D eigenvalue weighted by Gasteiger charge is 2.39. The lowest BCUT2D eigenvalue weighted by atomic mass is 10.1. The molecule has 0 radical (unpaired) electrons. The molecule has 0 bridgehead atoms. The van der Waals surface area contributed by atoms with E-state index in [0.717, 1.165) is 6.61 Å². The Morgan fingerprint density at radius 3 is 2.58 bits per heavy atom. The molecule has 0 aromatic rings. The maximum atomic E-state index is 5.31. The lowest BCUT2D eigenvalue weighted by molar-refractivity contribution is 0.116. The second kappa shape index (κ2) is 4.80. The highest BCUT2D eigenvalue weighted by molar-refractivity contribution is 5.00. The monoisotopic (exact) mass is 172 g/mol. The minimum atomic E-state index is 0.489. The topological polar surface area (TPSA) is 33.3 Å². The molecule has 0 aromatic heterocycles. The van der Waals surface area contributed by atoms with E-state index >= 15 is 0 Å². The van der Waals surface area contributed by atoms with Crippen LogP contribution in [-0.4, -0.2) is 33.0 Å². The highest BCUT2D eigenvalue weighted by atomic mass is 16.5. The van der Waals surface area contributed by atoms with Crippen LogP contribution in [0.25, 0.3) is 0 Å². The fourth-order valence-corrected chi connectivity index (χ4v) is 1.46. The molecule has 3 heteroatoms. The standard InChI is InChI=1S/C9H20N2O/c1-10-8-12-7-3-4-9(11-2)5-6-9/h10-11H,3-8H2,1-2H3. The zero-order valence-electron chi connectivity index (χ0n) is 8.15. The van der Waals surface area contributed by atoms with Gasteiger partial charge in [0.05, 0.1) is 6.73 Å². The molecule has 0 aromatic carbocycles. The molecule has 0 saturated heterocycles. The van der Waals surface area contributed by atoms with Crippen LogP contribution in [0.15, 0.2) is 0 Å². The summed E-state index contributed by atoms with van der Waals surface area (Å²) in [4.78, 5) is 0. The van der Waals surface area contributed by atoms with E-state index < -0.39 is 0 Å². The Labute approximate surface area is 74.9 Å². The van der Waals surface area contributed by atoms with E-state index in [9.17, 15) is 0 Å². The predicted octanol–water partition coefficient (Wildman–Crippen LogP) is 0.712. The van der Waals surface area contributed by atoms with Crippen molar-refractivity contribution < 1.29 is 4.74 Å². The summed E-state index contributed by atoms with van der Waals surface area (Å²) < 4.78 is 5.31. The summed E-state index contributed by atoms with van der Waals surface area (Å²) in [6.07, 6.45) is 5.11. The smallest absolute Gasteiger partial charge is 0.0962 e. The van der Waals surface area contributed by atoms with Crippen LogP contribution in [-0.2, 0) is 4.74 Å². The molecule has 12 heavy (non-hydrogen) atoms. The average molecular weight is 172 g/mol. The number of nitrogens with one attached hydrogen (secondary N) is 2. The molecule has 3 nitrogen and oxygen atoms in total. The Hall–Kier alpha value is -0.120. The van der Waals surface area contributed by atoms with Gasteiger partial charge in [-0.15, -0.1) is 0 Å². The van der Waals surface area contributed by atoms with E-state index in [2.05, 4.69) is 17.7 Å². The van der Waals surface area contributed by atoms with Gasteiger partial charge in [0.1, 0.15) is 0 Å². The van der Waals surface area contributed by atoms with Gasteiger partial charge in [0.2, 0.25) is 0 Å². The fourth-order valence-electron chi connectivity index (χ4n) is 1.46. The molecule has 0 aliphatic heterocycles. The van der Waals surface area contributed by atoms with Gasteiger partial charge >= 0.3 is 0 Å². The zero-order chi connectivity index (χ0) is 8.86. The molecule has 0 atom stereocenters. The minimum absolute atomic E-state index is 0.489. The molecule has 1 rings (SSSR count). The minimum Gasteiger partial charge on any atom is -0.366 e. The molecule has 0 heterocycles. The Balaban J connectivity index is 1.89. The summed E-state index contributed by atoms with van der Waals surface area (Å²) in [6.45, 7) is 1.55. The number of rotatable bonds is 7. The second-order valence-electron chi connectivity index (χ2n) is 3.54. The molecule has 1 saturated carbocycles. The number of hydrogen-bond donors (Lipinski definition) is 2. The lowest BCUT2D eigenvalue weighted by Crippen LogP contribution is -2.27. The highest BCUT2D eigenvalue weighted by Crippen LogP contribution is 2.38. The van der Waals surface area contributed by atoms with Gasteiger partial charge in [-0.3, -0.25) is 5.32 Å². The van der Waals surface area contributed by atoms with E-state index in [0.29, 0.717) is 12.3 Å². The lowest BCUT2D eigenvalue weighted by Gasteiger charge is -2.13. The van der Waals surface area contributed by atoms with Crippen molar-refractivity contribution in [1.29, 1.82) is 0 Å². The quantitative estimate of drug-likeness (QED) is 0.438. The van der Waals surface area contributed by atoms with Crippen LogP contribution in [0, 0.1) is 0 Å². The number of ether oxygens (including phenoxy) is 1. The molecule has 72 valence electrons. The summed E-state index contributed by atoms with van der Waals surface area (Å²) in [5.74, 6) is 0. The van der Waals surface area contributed by atoms with Crippen LogP contribution in [0.3, 0.4) is 0 Å². The van der Waals surface area contributed by atoms with E-state index in [-0.39, 0.29) is 0 Å². The predicted molar refractivity (Wildman–Crippen MR) is 50.1 cm³/mol. The van der Waals surface area contributed by atoms with Gasteiger partial charge in [-0.2, -0.15) is 0 Å². The Morgan fingerprint density at radius 2 is 2.08 bits per heavy atom. The maximum Gasteiger partial charge on any atom is 0.0962 e. The van der Waals surface area contributed by atoms with E-state index in [1.54, 1.807) is 0 Å². The summed E-state index contributed by atoms with van der Waals surface area (Å²) in [5, 5.41) is 6.33. The van der Waals surface area contributed by atoms with E-state index in [1.165, 1.54) is 25.7 Å². The first-order valence-electron chi connectivity index (χ1n) is 4.74. The Morgan fingerprint density at radius 1 is 1.33 bits per heavy atom. The average Bonchev–Trinajstić information content (AvgIpc) is 2.85. The Bertz CT molecular complexity index is 124. The normalized spacial score (nSPS) is 19.5. The van der Waals surface area contributed by atoms with Crippen molar-refractivity contribution in [3.8, 4) is 0 Å². The summed E-state index contributed by atoms with van der Waals surface area (Å²) in [6, 6.07) is 0. The summed E-state index contributed by atoms with van der Waals surface area (Å²) >= 11 is 0. The third-order valence-corrected chi connectivity index (χ3v) is 2.57. The van der Waals surface area contributed by atoms with Gasteiger partial charge in [0.15, 0.2) is 0 Å². The van der Waals surface area contributed by atoms with Crippen LogP contribution >= 0.6 is 0 Å². The van der Waals surface area contributed by atoms with Crippen LogP contribution in [0.2, 0.25) is 0 Å². The zero-order valence-corrected chi connectivity index (χ0v) is 8.15. The molecule has 1 fully saturated rings. The summed E-state index contributed by atoms with van der Waals surface area (Å²) in [5.41, 5.74) is 0.489. The first kappa shape index (κ1) is 9.96. The van der Waals surface area contributed by atoms with Gasteiger partial charge in [0.25, 0.3) is 0 Å². The van der Waals surface area contributed by atoms with E-state index in [4.69, 9.17) is 4.74 Å². The second-order valence-corrected chi connectivity index (χ2v) is 3.54. The number of hydrogen-bond acceptors (Lipinski definition) is 3. The van der Waals surface area contributed by atoms with Crippen molar-refractivity contribution in [2.75, 3.05) is 27.4 Å². The van der Waals surface area contributed by atoms with Crippen molar-refractivity contribution in [2.24, 2.45) is 0 Å².